The number of benzene rings is 2. The maximum absolute atomic E-state index is 14.2. The van der Waals surface area contributed by atoms with E-state index in [1.54, 1.807) is 36.3 Å². The van der Waals surface area contributed by atoms with Gasteiger partial charge in [0.05, 0.1) is 11.4 Å². The monoisotopic (exact) mass is 436 g/mol. The highest BCUT2D eigenvalue weighted by atomic mass is 32.2. The van der Waals surface area contributed by atoms with Crippen molar-refractivity contribution in [3.63, 3.8) is 0 Å². The molecule has 1 aliphatic heterocycles. The molecule has 10 heteroatoms. The van der Waals surface area contributed by atoms with Crippen molar-refractivity contribution in [2.45, 2.75) is 31.3 Å². The first-order chi connectivity index (χ1) is 14.5. The van der Waals surface area contributed by atoms with Crippen molar-refractivity contribution in [2.75, 3.05) is 12.4 Å². The smallest absolute Gasteiger partial charge is 0.290 e. The van der Waals surface area contributed by atoms with Crippen LogP contribution < -0.4 is 15.9 Å². The van der Waals surface area contributed by atoms with Crippen molar-refractivity contribution in [3.05, 3.63) is 58.9 Å². The number of anilines is 1. The van der Waals surface area contributed by atoms with E-state index in [9.17, 15) is 14.0 Å². The van der Waals surface area contributed by atoms with Crippen LogP contribution in [0.15, 0.2) is 41.3 Å². The number of halogens is 1. The van der Waals surface area contributed by atoms with E-state index in [-0.39, 0.29) is 18.2 Å². The number of hydrogen-bond donors (Lipinski definition) is 4. The molecule has 0 atom stereocenters. The average Bonchev–Trinajstić information content (AvgIpc) is 3.10. The third-order valence-electron chi connectivity index (χ3n) is 4.04. The van der Waals surface area contributed by atoms with Crippen LogP contribution in [0.1, 0.15) is 34.8 Å². The fourth-order valence-electron chi connectivity index (χ4n) is 2.65. The molecular formula is C20H25FN4O4S. The second kappa shape index (κ2) is 13.3. The Morgan fingerprint density at radius 1 is 1.27 bits per heavy atom. The standard InChI is InChI=1S/C16H17FN4OS.C3H6O.CH2O2/c1-19-21-9-12-11(16(21)22)5-3-6-13(12)20-8-10-4-2-7-14(23-18)15(10)17;1-2-3-4;2-1-3/h2-7,19-20H,8-9,18H2,1H3;3H,2H2,1H3;1H,(H,2,3). The van der Waals surface area contributed by atoms with Crippen molar-refractivity contribution in [3.8, 4) is 0 Å². The second-order valence-electron chi connectivity index (χ2n) is 5.83. The van der Waals surface area contributed by atoms with Crippen molar-refractivity contribution >= 4 is 36.3 Å². The van der Waals surface area contributed by atoms with E-state index >= 15 is 0 Å². The first-order valence-electron chi connectivity index (χ1n) is 8.99. The zero-order valence-electron chi connectivity index (χ0n) is 16.7. The SMILES string of the molecule is CCC=O.CNN1Cc2c(NCc3cccc(SN)c3F)cccc2C1=O.O=CO. The molecule has 5 N–H and O–H groups in total. The lowest BCUT2D eigenvalue weighted by Crippen LogP contribution is -2.34. The fraction of sp³-hybridized carbons (Fsp3) is 0.250. The molecule has 8 nitrogen and oxygen atoms in total. The summed E-state index contributed by atoms with van der Waals surface area (Å²) < 4.78 is 14.2. The van der Waals surface area contributed by atoms with Gasteiger partial charge in [0.2, 0.25) is 0 Å². The van der Waals surface area contributed by atoms with Gasteiger partial charge in [0.1, 0.15) is 12.1 Å². The largest absolute Gasteiger partial charge is 0.483 e. The van der Waals surface area contributed by atoms with Gasteiger partial charge < -0.3 is 15.2 Å². The van der Waals surface area contributed by atoms with Crippen LogP contribution in [-0.4, -0.2) is 35.8 Å². The Morgan fingerprint density at radius 3 is 2.47 bits per heavy atom. The van der Waals surface area contributed by atoms with Crippen LogP contribution >= 0.6 is 11.9 Å². The number of carbonyl (C=O) groups is 3. The molecule has 0 saturated heterocycles. The van der Waals surface area contributed by atoms with E-state index in [1.807, 2.05) is 19.1 Å². The Labute approximate surface area is 178 Å². The zero-order valence-corrected chi connectivity index (χ0v) is 17.5. The zero-order chi connectivity index (χ0) is 22.5. The minimum atomic E-state index is -0.312. The van der Waals surface area contributed by atoms with Gasteiger partial charge in [-0.15, -0.1) is 0 Å². The van der Waals surface area contributed by atoms with Crippen LogP contribution in [0.25, 0.3) is 0 Å². The Hall–Kier alpha value is -2.95. The fourth-order valence-corrected chi connectivity index (χ4v) is 3.05. The summed E-state index contributed by atoms with van der Waals surface area (Å²) in [6, 6.07) is 10.7. The number of nitrogens with zero attached hydrogens (tertiary/aromatic N) is 1. The third kappa shape index (κ3) is 6.55. The van der Waals surface area contributed by atoms with E-state index in [1.165, 1.54) is 0 Å². The first kappa shape index (κ1) is 25.1. The van der Waals surface area contributed by atoms with Crippen molar-refractivity contribution < 1.29 is 23.9 Å². The Balaban J connectivity index is 0.000000564. The van der Waals surface area contributed by atoms with E-state index in [4.69, 9.17) is 15.0 Å². The highest BCUT2D eigenvalue weighted by Crippen LogP contribution is 2.29. The topological polar surface area (TPSA) is 125 Å². The van der Waals surface area contributed by atoms with Crippen LogP contribution in [0.4, 0.5) is 10.1 Å². The number of carboxylic acid groups (broad SMARTS) is 1. The van der Waals surface area contributed by atoms with Crippen LogP contribution in [0.5, 0.6) is 0 Å². The van der Waals surface area contributed by atoms with Gasteiger partial charge in [-0.2, -0.15) is 0 Å². The van der Waals surface area contributed by atoms with E-state index in [0.717, 1.165) is 29.5 Å². The number of amides is 1. The number of carbonyl (C=O) groups excluding carboxylic acids is 2. The van der Waals surface area contributed by atoms with Crippen LogP contribution in [0.2, 0.25) is 0 Å². The number of aldehydes is 1. The van der Waals surface area contributed by atoms with E-state index < -0.39 is 0 Å². The number of fused-ring (bicyclic) bond motifs is 1. The van der Waals surface area contributed by atoms with E-state index in [2.05, 4.69) is 10.7 Å². The van der Waals surface area contributed by atoms with Crippen molar-refractivity contribution in [2.24, 2.45) is 5.14 Å². The number of nitrogens with two attached hydrogens (primary N) is 1. The summed E-state index contributed by atoms with van der Waals surface area (Å²) in [4.78, 5) is 30.1. The Kier molecular flexibility index (Phi) is 11.1. The molecule has 0 spiro atoms. The predicted octanol–water partition coefficient (Wildman–Crippen LogP) is 2.79. The lowest BCUT2D eigenvalue weighted by molar-refractivity contribution is -0.122. The maximum Gasteiger partial charge on any atom is 0.290 e. The summed E-state index contributed by atoms with van der Waals surface area (Å²) >= 11 is 0.893. The molecule has 0 bridgehead atoms. The predicted molar refractivity (Wildman–Crippen MR) is 114 cm³/mol. The number of nitrogens with one attached hydrogen (secondary N) is 2. The number of hydrogen-bond acceptors (Lipinski definition) is 7. The second-order valence-corrected chi connectivity index (χ2v) is 6.50. The quantitative estimate of drug-likeness (QED) is 0.402. The molecule has 0 aromatic heterocycles. The van der Waals surface area contributed by atoms with Gasteiger partial charge in [-0.1, -0.05) is 25.1 Å². The van der Waals surface area contributed by atoms with Crippen molar-refractivity contribution in [1.29, 1.82) is 0 Å². The van der Waals surface area contributed by atoms with E-state index in [0.29, 0.717) is 35.5 Å². The van der Waals surface area contributed by atoms with Gasteiger partial charge in [0.15, 0.2) is 0 Å². The van der Waals surface area contributed by atoms with Gasteiger partial charge in [-0.25, -0.2) is 9.82 Å². The number of rotatable bonds is 6. The maximum atomic E-state index is 14.2. The molecule has 2 aromatic rings. The summed E-state index contributed by atoms with van der Waals surface area (Å²) in [7, 11) is 1.71. The molecule has 1 aliphatic rings. The minimum absolute atomic E-state index is 0.0566. The Morgan fingerprint density at radius 2 is 1.90 bits per heavy atom. The molecule has 0 saturated carbocycles. The molecule has 1 heterocycles. The first-order valence-corrected chi connectivity index (χ1v) is 9.87. The summed E-state index contributed by atoms with van der Waals surface area (Å²) in [6.07, 6.45) is 1.51. The molecule has 0 unspecified atom stereocenters. The van der Waals surface area contributed by atoms with Gasteiger partial charge in [0, 0.05) is 42.4 Å². The molecule has 30 heavy (non-hydrogen) atoms. The van der Waals surface area contributed by atoms with Gasteiger partial charge >= 0.3 is 0 Å². The molecule has 0 aliphatic carbocycles. The normalized spacial score (nSPS) is 11.5. The summed E-state index contributed by atoms with van der Waals surface area (Å²) in [5.74, 6) is -0.369. The molecule has 1 amide bonds. The third-order valence-corrected chi connectivity index (χ3v) is 4.61. The summed E-state index contributed by atoms with van der Waals surface area (Å²) in [5.41, 5.74) is 5.81. The minimum Gasteiger partial charge on any atom is -0.483 e. The van der Waals surface area contributed by atoms with Crippen molar-refractivity contribution in [1.82, 2.24) is 10.4 Å². The van der Waals surface area contributed by atoms with Crippen LogP contribution in [0.3, 0.4) is 0 Å². The lowest BCUT2D eigenvalue weighted by atomic mass is 10.1. The molecular weight excluding hydrogens is 411 g/mol. The van der Waals surface area contributed by atoms with Gasteiger partial charge in [0.25, 0.3) is 12.4 Å². The number of hydrazine groups is 1. The summed E-state index contributed by atoms with van der Waals surface area (Å²) in [5, 5.41) is 17.1. The molecule has 2 aromatic carbocycles. The Bertz CT molecular complexity index is 867. The van der Waals surface area contributed by atoms with Gasteiger partial charge in [-0.05, 0) is 30.1 Å². The van der Waals surface area contributed by atoms with Crippen LogP contribution in [0, 0.1) is 5.82 Å². The van der Waals surface area contributed by atoms with Gasteiger partial charge in [-0.3, -0.25) is 19.7 Å². The molecule has 162 valence electrons. The highest BCUT2D eigenvalue weighted by Gasteiger charge is 2.28. The molecule has 0 radical (unpaired) electrons. The molecule has 0 fully saturated rings. The average molecular weight is 437 g/mol. The van der Waals surface area contributed by atoms with Crippen LogP contribution in [-0.2, 0) is 22.7 Å². The summed E-state index contributed by atoms with van der Waals surface area (Å²) in [6.45, 7) is 2.37. The molecule has 3 rings (SSSR count). The highest BCUT2D eigenvalue weighted by molar-refractivity contribution is 7.97. The lowest BCUT2D eigenvalue weighted by Gasteiger charge is -2.14.